The van der Waals surface area contributed by atoms with E-state index < -0.39 is 0 Å². The Labute approximate surface area is 180 Å². The highest BCUT2D eigenvalue weighted by Crippen LogP contribution is 2.22. The third-order valence-corrected chi connectivity index (χ3v) is 4.76. The van der Waals surface area contributed by atoms with Crippen LogP contribution in [-0.4, -0.2) is 9.97 Å². The van der Waals surface area contributed by atoms with Gasteiger partial charge in [-0.15, -0.1) is 0 Å². The highest BCUT2D eigenvalue weighted by molar-refractivity contribution is 5.94. The first kappa shape index (κ1) is 23.1. The summed E-state index contributed by atoms with van der Waals surface area (Å²) < 4.78 is 0. The first-order chi connectivity index (χ1) is 14.7. The molecular formula is C26H34N4. The number of nitrogens with two attached hydrogens (primary N) is 2. The molecule has 158 valence electrons. The zero-order valence-corrected chi connectivity index (χ0v) is 18.7. The minimum absolute atomic E-state index is 0.725. The number of nitrogens with zero attached hydrogens (tertiary/aromatic N) is 2. The van der Waals surface area contributed by atoms with E-state index in [1.54, 1.807) is 0 Å². The minimum Gasteiger partial charge on any atom is -0.399 e. The molecule has 0 amide bonds. The van der Waals surface area contributed by atoms with Crippen molar-refractivity contribution in [1.82, 2.24) is 9.97 Å². The van der Waals surface area contributed by atoms with Crippen LogP contribution in [0, 0.1) is 0 Å². The van der Waals surface area contributed by atoms with Crippen molar-refractivity contribution in [2.75, 3.05) is 11.5 Å². The van der Waals surface area contributed by atoms with Crippen molar-refractivity contribution in [3.05, 3.63) is 72.1 Å². The van der Waals surface area contributed by atoms with E-state index in [4.69, 9.17) is 11.5 Å². The van der Waals surface area contributed by atoms with Crippen molar-refractivity contribution in [3.8, 4) is 0 Å². The summed E-state index contributed by atoms with van der Waals surface area (Å²) in [6.45, 7) is 8.00. The van der Waals surface area contributed by atoms with E-state index in [0.717, 1.165) is 33.2 Å². The molecule has 0 atom stereocenters. The van der Waals surface area contributed by atoms with Crippen LogP contribution < -0.4 is 11.5 Å². The first-order valence-electron chi connectivity index (χ1n) is 11.0. The molecule has 0 aliphatic heterocycles. The van der Waals surface area contributed by atoms with Gasteiger partial charge in [-0.1, -0.05) is 45.9 Å². The van der Waals surface area contributed by atoms with E-state index in [0.29, 0.717) is 0 Å². The molecule has 0 radical (unpaired) electrons. The Kier molecular flexibility index (Phi) is 9.07. The molecule has 0 spiro atoms. The molecule has 0 saturated heterocycles. The van der Waals surface area contributed by atoms with Gasteiger partial charge in [0.15, 0.2) is 0 Å². The summed E-state index contributed by atoms with van der Waals surface area (Å²) in [5.74, 6) is 0. The fraction of sp³-hybridized carbons (Fsp3) is 0.308. The number of rotatable bonds is 0. The van der Waals surface area contributed by atoms with Gasteiger partial charge in [-0.25, -0.2) is 4.98 Å². The number of nitrogen functional groups attached to an aromatic ring is 2. The Morgan fingerprint density at radius 2 is 1.27 bits per heavy atom. The lowest BCUT2D eigenvalue weighted by atomic mass is 9.96. The Bertz CT molecular complexity index is 991. The second-order valence-corrected chi connectivity index (χ2v) is 6.71. The standard InChI is InChI=1S/C13H11N3.C9H11N.2C2H6/c14-10-3-1-8-5-9-2-4-11(15)7-13(9)16-12(8)6-10;1-2-6-9-8(4-1)5-3-7-10-9;2*1-2/h1-7H,14-15H2;3,5,7H,1-2,4,6H2;2*1-2H3. The number of anilines is 2. The smallest absolute Gasteiger partial charge is 0.0730 e. The normalized spacial score (nSPS) is 11.7. The third kappa shape index (κ3) is 5.93. The van der Waals surface area contributed by atoms with Crippen molar-refractivity contribution in [2.24, 2.45) is 0 Å². The Balaban J connectivity index is 0.000000197. The van der Waals surface area contributed by atoms with Crippen LogP contribution in [0.5, 0.6) is 0 Å². The van der Waals surface area contributed by atoms with Gasteiger partial charge in [-0.2, -0.15) is 0 Å². The minimum atomic E-state index is 0.725. The van der Waals surface area contributed by atoms with Crippen LogP contribution in [0.25, 0.3) is 21.8 Å². The predicted octanol–water partition coefficient (Wildman–Crippen LogP) is 6.57. The lowest BCUT2D eigenvalue weighted by molar-refractivity contribution is 0.668. The van der Waals surface area contributed by atoms with Crippen molar-refractivity contribution in [3.63, 3.8) is 0 Å². The highest BCUT2D eigenvalue weighted by atomic mass is 14.7. The molecule has 4 N–H and O–H groups in total. The fourth-order valence-electron chi connectivity index (χ4n) is 3.39. The van der Waals surface area contributed by atoms with E-state index in [2.05, 4.69) is 22.1 Å². The summed E-state index contributed by atoms with van der Waals surface area (Å²) in [7, 11) is 0. The predicted molar refractivity (Wildman–Crippen MR) is 132 cm³/mol. The summed E-state index contributed by atoms with van der Waals surface area (Å²) in [6.07, 6.45) is 6.99. The Morgan fingerprint density at radius 3 is 1.83 bits per heavy atom. The lowest BCUT2D eigenvalue weighted by Gasteiger charge is -2.12. The number of hydrogen-bond donors (Lipinski definition) is 2. The van der Waals surface area contributed by atoms with Crippen LogP contribution in [0.3, 0.4) is 0 Å². The molecule has 0 bridgehead atoms. The molecule has 30 heavy (non-hydrogen) atoms. The molecule has 2 aromatic heterocycles. The Hall–Kier alpha value is -3.14. The molecule has 0 unspecified atom stereocenters. The maximum absolute atomic E-state index is 5.73. The van der Waals surface area contributed by atoms with E-state index >= 15 is 0 Å². The molecule has 0 fully saturated rings. The molecule has 2 aromatic carbocycles. The van der Waals surface area contributed by atoms with Gasteiger partial charge >= 0.3 is 0 Å². The van der Waals surface area contributed by atoms with Gasteiger partial charge in [0, 0.05) is 34.0 Å². The summed E-state index contributed by atoms with van der Waals surface area (Å²) in [5, 5.41) is 2.18. The quantitative estimate of drug-likeness (QED) is 0.258. The molecule has 4 heteroatoms. The van der Waals surface area contributed by atoms with Crippen molar-refractivity contribution >= 4 is 33.2 Å². The van der Waals surface area contributed by atoms with Gasteiger partial charge < -0.3 is 11.5 Å². The summed E-state index contributed by atoms with van der Waals surface area (Å²) in [4.78, 5) is 8.86. The number of aromatic nitrogens is 2. The topological polar surface area (TPSA) is 77.8 Å². The van der Waals surface area contributed by atoms with Crippen LogP contribution >= 0.6 is 0 Å². The van der Waals surface area contributed by atoms with Crippen LogP contribution in [0.15, 0.2) is 60.8 Å². The maximum Gasteiger partial charge on any atom is 0.0730 e. The molecule has 1 aliphatic carbocycles. The molecule has 1 aliphatic rings. The summed E-state index contributed by atoms with van der Waals surface area (Å²) >= 11 is 0. The van der Waals surface area contributed by atoms with Crippen molar-refractivity contribution in [1.29, 1.82) is 0 Å². The molecular weight excluding hydrogens is 368 g/mol. The number of fused-ring (bicyclic) bond motifs is 3. The largest absolute Gasteiger partial charge is 0.399 e. The average Bonchev–Trinajstić information content (AvgIpc) is 2.81. The van der Waals surface area contributed by atoms with E-state index in [-0.39, 0.29) is 0 Å². The maximum atomic E-state index is 5.73. The third-order valence-electron chi connectivity index (χ3n) is 4.76. The zero-order chi connectivity index (χ0) is 21.9. The van der Waals surface area contributed by atoms with Crippen molar-refractivity contribution in [2.45, 2.75) is 53.4 Å². The molecule has 0 saturated carbocycles. The molecule has 4 nitrogen and oxygen atoms in total. The number of benzene rings is 2. The van der Waals surface area contributed by atoms with Crippen LogP contribution in [0.1, 0.15) is 51.8 Å². The second kappa shape index (κ2) is 11.8. The fourth-order valence-corrected chi connectivity index (χ4v) is 3.39. The van der Waals surface area contributed by atoms with E-state index in [1.165, 1.54) is 36.9 Å². The number of hydrogen-bond acceptors (Lipinski definition) is 4. The second-order valence-electron chi connectivity index (χ2n) is 6.71. The van der Waals surface area contributed by atoms with Gasteiger partial charge in [0.2, 0.25) is 0 Å². The number of aryl methyl sites for hydroxylation is 2. The lowest BCUT2D eigenvalue weighted by Crippen LogP contribution is -2.03. The SMILES string of the molecule is CC.CC.Nc1ccc2cc3ccc(N)cc3nc2c1.c1cnc2c(c1)CCCC2. The van der Waals surface area contributed by atoms with Crippen LogP contribution in [-0.2, 0) is 12.8 Å². The van der Waals surface area contributed by atoms with E-state index in [9.17, 15) is 0 Å². The molecule has 4 aromatic rings. The zero-order valence-electron chi connectivity index (χ0n) is 18.7. The molecule has 5 rings (SSSR count). The monoisotopic (exact) mass is 402 g/mol. The summed E-state index contributed by atoms with van der Waals surface area (Å²) in [6, 6.07) is 17.8. The van der Waals surface area contributed by atoms with Crippen molar-refractivity contribution < 1.29 is 0 Å². The van der Waals surface area contributed by atoms with Gasteiger partial charge in [-0.3, -0.25) is 4.98 Å². The van der Waals surface area contributed by atoms with E-state index in [1.807, 2.05) is 76.4 Å². The van der Waals surface area contributed by atoms with Gasteiger partial charge in [0.1, 0.15) is 0 Å². The van der Waals surface area contributed by atoms with Crippen LogP contribution in [0.4, 0.5) is 11.4 Å². The summed E-state index contributed by atoms with van der Waals surface area (Å²) in [5.41, 5.74) is 17.5. The highest BCUT2D eigenvalue weighted by Gasteiger charge is 2.07. The Morgan fingerprint density at radius 1 is 0.700 bits per heavy atom. The first-order valence-corrected chi connectivity index (χ1v) is 11.0. The van der Waals surface area contributed by atoms with Crippen LogP contribution in [0.2, 0.25) is 0 Å². The molecule has 2 heterocycles. The average molecular weight is 403 g/mol. The van der Waals surface area contributed by atoms with Gasteiger partial charge in [0.25, 0.3) is 0 Å². The van der Waals surface area contributed by atoms with Gasteiger partial charge in [0.05, 0.1) is 11.0 Å². The van der Waals surface area contributed by atoms with Gasteiger partial charge in [-0.05, 0) is 67.6 Å². The number of pyridine rings is 2.